The molecule has 1 atom stereocenters. The second-order valence-electron chi connectivity index (χ2n) is 5.30. The van der Waals surface area contributed by atoms with Crippen molar-refractivity contribution in [3.05, 3.63) is 35.1 Å². The molecule has 0 aliphatic carbocycles. The minimum absolute atomic E-state index is 0.164. The average Bonchev–Trinajstić information content (AvgIpc) is 2.76. The number of hydrogen-bond donors (Lipinski definition) is 1. The van der Waals surface area contributed by atoms with Crippen LogP contribution in [-0.4, -0.2) is 35.0 Å². The SMILES string of the molecule is Cc1ccc(F)cc1C(=O)N1CC[C@](C)(C(=O)O)C1. The number of aryl methyl sites for hydroxylation is 1. The molecule has 102 valence electrons. The molecule has 0 radical (unpaired) electrons. The Morgan fingerprint density at radius 3 is 2.68 bits per heavy atom. The Kier molecular flexibility index (Phi) is 3.30. The van der Waals surface area contributed by atoms with Gasteiger partial charge in [0.15, 0.2) is 0 Å². The molecule has 2 rings (SSSR count). The van der Waals surface area contributed by atoms with Crippen LogP contribution in [0.2, 0.25) is 0 Å². The summed E-state index contributed by atoms with van der Waals surface area (Å²) in [7, 11) is 0. The van der Waals surface area contributed by atoms with Crippen molar-refractivity contribution in [1.29, 1.82) is 0 Å². The maximum Gasteiger partial charge on any atom is 0.311 e. The summed E-state index contributed by atoms with van der Waals surface area (Å²) < 4.78 is 13.2. The number of aliphatic carboxylic acids is 1. The molecule has 1 heterocycles. The second-order valence-corrected chi connectivity index (χ2v) is 5.30. The smallest absolute Gasteiger partial charge is 0.311 e. The fraction of sp³-hybridized carbons (Fsp3) is 0.429. The first-order valence-electron chi connectivity index (χ1n) is 6.12. The van der Waals surface area contributed by atoms with Gasteiger partial charge in [-0.3, -0.25) is 9.59 Å². The molecule has 1 amide bonds. The maximum atomic E-state index is 13.2. The molecule has 5 heteroatoms. The molecule has 4 nitrogen and oxygen atoms in total. The van der Waals surface area contributed by atoms with Gasteiger partial charge in [0.1, 0.15) is 5.82 Å². The number of carbonyl (C=O) groups excluding carboxylic acids is 1. The van der Waals surface area contributed by atoms with Crippen molar-refractivity contribution in [2.75, 3.05) is 13.1 Å². The van der Waals surface area contributed by atoms with Gasteiger partial charge in [0.2, 0.25) is 0 Å². The van der Waals surface area contributed by atoms with Crippen LogP contribution in [0.5, 0.6) is 0 Å². The van der Waals surface area contributed by atoms with Crippen molar-refractivity contribution in [3.63, 3.8) is 0 Å². The molecular weight excluding hydrogens is 249 g/mol. The normalized spacial score (nSPS) is 22.6. The number of carboxylic acids is 1. The highest BCUT2D eigenvalue weighted by Crippen LogP contribution is 2.31. The minimum Gasteiger partial charge on any atom is -0.481 e. The van der Waals surface area contributed by atoms with Crippen LogP contribution >= 0.6 is 0 Å². The van der Waals surface area contributed by atoms with Crippen LogP contribution in [0.15, 0.2) is 18.2 Å². The van der Waals surface area contributed by atoms with Gasteiger partial charge in [-0.15, -0.1) is 0 Å². The highest BCUT2D eigenvalue weighted by molar-refractivity contribution is 5.96. The van der Waals surface area contributed by atoms with E-state index < -0.39 is 17.2 Å². The first kappa shape index (κ1) is 13.5. The van der Waals surface area contributed by atoms with E-state index in [0.29, 0.717) is 24.1 Å². The Balaban J connectivity index is 2.22. The molecular formula is C14H16FNO3. The fourth-order valence-electron chi connectivity index (χ4n) is 2.30. The lowest BCUT2D eigenvalue weighted by atomic mass is 9.90. The number of benzene rings is 1. The third-order valence-electron chi connectivity index (χ3n) is 3.71. The van der Waals surface area contributed by atoms with Gasteiger partial charge in [-0.05, 0) is 38.0 Å². The Morgan fingerprint density at radius 1 is 1.42 bits per heavy atom. The number of nitrogens with zero attached hydrogens (tertiary/aromatic N) is 1. The van der Waals surface area contributed by atoms with E-state index in [1.165, 1.54) is 17.0 Å². The Bertz CT molecular complexity index is 543. The molecule has 1 N–H and O–H groups in total. The zero-order chi connectivity index (χ0) is 14.2. The summed E-state index contributed by atoms with van der Waals surface area (Å²) in [5.74, 6) is -1.67. The zero-order valence-corrected chi connectivity index (χ0v) is 10.9. The molecule has 0 saturated carbocycles. The van der Waals surface area contributed by atoms with Crippen LogP contribution in [0.3, 0.4) is 0 Å². The van der Waals surface area contributed by atoms with Gasteiger partial charge in [-0.25, -0.2) is 4.39 Å². The van der Waals surface area contributed by atoms with E-state index in [1.807, 2.05) is 0 Å². The Hall–Kier alpha value is -1.91. The Morgan fingerprint density at radius 2 is 2.11 bits per heavy atom. The standard InChI is InChI=1S/C14H16FNO3/c1-9-3-4-10(15)7-11(9)12(17)16-6-5-14(2,8-16)13(18)19/h3-4,7H,5-6,8H2,1-2H3,(H,18,19)/t14-/m0/s1. The monoisotopic (exact) mass is 265 g/mol. The topological polar surface area (TPSA) is 57.6 Å². The number of likely N-dealkylation sites (tertiary alicyclic amines) is 1. The molecule has 1 fully saturated rings. The third-order valence-corrected chi connectivity index (χ3v) is 3.71. The summed E-state index contributed by atoms with van der Waals surface area (Å²) in [6.07, 6.45) is 0.419. The number of amides is 1. The summed E-state index contributed by atoms with van der Waals surface area (Å²) in [6.45, 7) is 3.91. The Labute approximate surface area is 110 Å². The van der Waals surface area contributed by atoms with Crippen LogP contribution in [0.4, 0.5) is 4.39 Å². The molecule has 0 aromatic heterocycles. The predicted octanol–water partition coefficient (Wildman–Crippen LogP) is 2.07. The van der Waals surface area contributed by atoms with Crippen molar-refractivity contribution >= 4 is 11.9 Å². The fourth-order valence-corrected chi connectivity index (χ4v) is 2.30. The van der Waals surface area contributed by atoms with E-state index in [1.54, 1.807) is 19.9 Å². The quantitative estimate of drug-likeness (QED) is 0.890. The van der Waals surface area contributed by atoms with E-state index in [2.05, 4.69) is 0 Å². The molecule has 0 spiro atoms. The van der Waals surface area contributed by atoms with E-state index in [0.717, 1.165) is 0 Å². The molecule has 19 heavy (non-hydrogen) atoms. The molecule has 1 aliphatic rings. The second kappa shape index (κ2) is 4.64. The number of halogens is 1. The van der Waals surface area contributed by atoms with Crippen molar-refractivity contribution in [2.24, 2.45) is 5.41 Å². The van der Waals surface area contributed by atoms with Gasteiger partial charge >= 0.3 is 5.97 Å². The summed E-state index contributed by atoms with van der Waals surface area (Å²) in [5.41, 5.74) is 0.0848. The highest BCUT2D eigenvalue weighted by Gasteiger charge is 2.42. The van der Waals surface area contributed by atoms with Gasteiger partial charge in [0.25, 0.3) is 5.91 Å². The lowest BCUT2D eigenvalue weighted by Crippen LogP contribution is -2.35. The van der Waals surface area contributed by atoms with E-state index in [-0.39, 0.29) is 12.5 Å². The number of carboxylic acid groups (broad SMARTS) is 1. The van der Waals surface area contributed by atoms with Gasteiger partial charge in [0, 0.05) is 18.7 Å². The lowest BCUT2D eigenvalue weighted by Gasteiger charge is -2.20. The van der Waals surface area contributed by atoms with Crippen molar-refractivity contribution in [3.8, 4) is 0 Å². The molecule has 1 aromatic rings. The van der Waals surface area contributed by atoms with Crippen LogP contribution in [0, 0.1) is 18.2 Å². The van der Waals surface area contributed by atoms with Crippen LogP contribution in [0.1, 0.15) is 29.3 Å². The molecule has 1 aromatic carbocycles. The highest BCUT2D eigenvalue weighted by atomic mass is 19.1. The number of rotatable bonds is 2. The predicted molar refractivity (Wildman–Crippen MR) is 67.4 cm³/mol. The third kappa shape index (κ3) is 2.45. The van der Waals surface area contributed by atoms with E-state index in [9.17, 15) is 14.0 Å². The zero-order valence-electron chi connectivity index (χ0n) is 10.9. The van der Waals surface area contributed by atoms with Gasteiger partial charge in [0.05, 0.1) is 5.41 Å². The molecule has 1 saturated heterocycles. The average molecular weight is 265 g/mol. The van der Waals surface area contributed by atoms with Crippen LogP contribution in [-0.2, 0) is 4.79 Å². The van der Waals surface area contributed by atoms with Crippen LogP contribution < -0.4 is 0 Å². The minimum atomic E-state index is -0.906. The maximum absolute atomic E-state index is 13.2. The summed E-state index contributed by atoms with van der Waals surface area (Å²) in [6, 6.07) is 4.06. The number of hydrogen-bond acceptors (Lipinski definition) is 2. The lowest BCUT2D eigenvalue weighted by molar-refractivity contribution is -0.147. The van der Waals surface area contributed by atoms with E-state index in [4.69, 9.17) is 5.11 Å². The van der Waals surface area contributed by atoms with Crippen molar-refractivity contribution < 1.29 is 19.1 Å². The van der Waals surface area contributed by atoms with Crippen molar-refractivity contribution in [2.45, 2.75) is 20.3 Å². The van der Waals surface area contributed by atoms with E-state index >= 15 is 0 Å². The molecule has 0 bridgehead atoms. The largest absolute Gasteiger partial charge is 0.481 e. The van der Waals surface area contributed by atoms with Crippen LogP contribution in [0.25, 0.3) is 0 Å². The van der Waals surface area contributed by atoms with Gasteiger partial charge < -0.3 is 10.0 Å². The van der Waals surface area contributed by atoms with Gasteiger partial charge in [-0.1, -0.05) is 6.07 Å². The van der Waals surface area contributed by atoms with Crippen molar-refractivity contribution in [1.82, 2.24) is 4.90 Å². The summed E-state index contributed by atoms with van der Waals surface area (Å²) in [5, 5.41) is 9.14. The first-order chi connectivity index (χ1) is 8.83. The molecule has 0 unspecified atom stereocenters. The molecule has 1 aliphatic heterocycles. The first-order valence-corrected chi connectivity index (χ1v) is 6.12. The summed E-state index contributed by atoms with van der Waals surface area (Å²) >= 11 is 0. The van der Waals surface area contributed by atoms with Gasteiger partial charge in [-0.2, -0.15) is 0 Å². The summed E-state index contributed by atoms with van der Waals surface area (Å²) in [4.78, 5) is 24.9. The number of carbonyl (C=O) groups is 2.